The van der Waals surface area contributed by atoms with Gasteiger partial charge >= 0.3 is 5.97 Å². The summed E-state index contributed by atoms with van der Waals surface area (Å²) in [4.78, 5) is 15.0. The van der Waals surface area contributed by atoms with Gasteiger partial charge in [-0.25, -0.2) is 9.78 Å². The van der Waals surface area contributed by atoms with Crippen molar-refractivity contribution in [3.05, 3.63) is 23.2 Å². The summed E-state index contributed by atoms with van der Waals surface area (Å²) in [6, 6.07) is 5.47. The summed E-state index contributed by atoms with van der Waals surface area (Å²) in [7, 11) is 0. The minimum atomic E-state index is -0.973. The summed E-state index contributed by atoms with van der Waals surface area (Å²) in [5.41, 5.74) is 0.943. The second-order valence-electron chi connectivity index (χ2n) is 4.17. The van der Waals surface area contributed by atoms with E-state index in [0.717, 1.165) is 21.6 Å². The normalized spacial score (nSPS) is 12.6. The molecule has 0 aliphatic carbocycles. The van der Waals surface area contributed by atoms with Gasteiger partial charge in [-0.2, -0.15) is 0 Å². The molecule has 0 aliphatic rings. The molecule has 2 aromatic rings. The van der Waals surface area contributed by atoms with Crippen LogP contribution in [0.4, 0.5) is 0 Å². The van der Waals surface area contributed by atoms with Crippen molar-refractivity contribution < 1.29 is 14.6 Å². The summed E-state index contributed by atoms with van der Waals surface area (Å²) in [5.74, 6) is 0.0507. The minimum absolute atomic E-state index is 0.317. The molecule has 0 bridgehead atoms. The molecule has 0 saturated heterocycles. The van der Waals surface area contributed by atoms with Gasteiger partial charge in [0.2, 0.25) is 0 Å². The van der Waals surface area contributed by atoms with Crippen LogP contribution in [0.2, 0.25) is 0 Å². The Bertz CT molecular complexity index is 564. The molecule has 1 aromatic carbocycles. The quantitative estimate of drug-likeness (QED) is 0.901. The van der Waals surface area contributed by atoms with Crippen LogP contribution in [-0.4, -0.2) is 22.7 Å². The van der Waals surface area contributed by atoms with Crippen LogP contribution >= 0.6 is 11.3 Å². The molecular formula is C13H15NO3S. The van der Waals surface area contributed by atoms with E-state index in [9.17, 15) is 4.79 Å². The van der Waals surface area contributed by atoms with E-state index >= 15 is 0 Å². The van der Waals surface area contributed by atoms with Crippen LogP contribution in [0.15, 0.2) is 18.2 Å². The van der Waals surface area contributed by atoms with Crippen LogP contribution in [0.25, 0.3) is 10.2 Å². The maximum absolute atomic E-state index is 10.4. The van der Waals surface area contributed by atoms with Gasteiger partial charge in [0.05, 0.1) is 15.2 Å². The van der Waals surface area contributed by atoms with Gasteiger partial charge in [-0.15, -0.1) is 11.3 Å². The molecule has 96 valence electrons. The lowest BCUT2D eigenvalue weighted by molar-refractivity contribution is -0.139. The molecule has 0 amide bonds. The molecule has 1 atom stereocenters. The van der Waals surface area contributed by atoms with E-state index in [2.05, 4.69) is 18.8 Å². The smallest absolute Gasteiger partial charge is 0.341 e. The molecule has 5 heteroatoms. The average Bonchev–Trinajstić information content (AvgIpc) is 2.78. The van der Waals surface area contributed by atoms with Crippen LogP contribution in [0.5, 0.6) is 5.75 Å². The van der Waals surface area contributed by atoms with Crippen molar-refractivity contribution in [1.82, 2.24) is 4.98 Å². The Hall–Kier alpha value is -1.62. The molecule has 2 rings (SSSR count). The maximum atomic E-state index is 10.4. The van der Waals surface area contributed by atoms with Gasteiger partial charge in [0.15, 0.2) is 6.61 Å². The predicted molar refractivity (Wildman–Crippen MR) is 71.5 cm³/mol. The molecule has 1 aromatic heterocycles. The number of carbonyl (C=O) groups is 1. The van der Waals surface area contributed by atoms with Gasteiger partial charge in [-0.1, -0.05) is 13.8 Å². The molecule has 0 spiro atoms. The highest BCUT2D eigenvalue weighted by atomic mass is 32.1. The first kappa shape index (κ1) is 12.8. The Morgan fingerprint density at radius 2 is 2.33 bits per heavy atom. The molecule has 0 aliphatic heterocycles. The van der Waals surface area contributed by atoms with E-state index in [0.29, 0.717) is 11.7 Å². The van der Waals surface area contributed by atoms with Crippen molar-refractivity contribution in [3.8, 4) is 5.75 Å². The average molecular weight is 265 g/mol. The van der Waals surface area contributed by atoms with E-state index in [1.165, 1.54) is 0 Å². The summed E-state index contributed by atoms with van der Waals surface area (Å²) in [6.45, 7) is 3.97. The van der Waals surface area contributed by atoms with E-state index in [4.69, 9.17) is 9.84 Å². The number of nitrogens with zero attached hydrogens (tertiary/aromatic N) is 1. The third kappa shape index (κ3) is 2.79. The molecular weight excluding hydrogens is 250 g/mol. The van der Waals surface area contributed by atoms with Crippen molar-refractivity contribution in [2.75, 3.05) is 6.61 Å². The minimum Gasteiger partial charge on any atom is -0.482 e. The third-order valence-corrected chi connectivity index (χ3v) is 4.02. The number of fused-ring (bicyclic) bond motifs is 1. The lowest BCUT2D eigenvalue weighted by Gasteiger charge is -2.01. The number of carboxylic acid groups (broad SMARTS) is 1. The Labute approximate surface area is 109 Å². The monoisotopic (exact) mass is 265 g/mol. The highest BCUT2D eigenvalue weighted by Crippen LogP contribution is 2.31. The summed E-state index contributed by atoms with van der Waals surface area (Å²) in [5, 5.41) is 9.68. The number of hydrogen-bond acceptors (Lipinski definition) is 4. The molecule has 18 heavy (non-hydrogen) atoms. The van der Waals surface area contributed by atoms with E-state index in [1.54, 1.807) is 17.4 Å². The fourth-order valence-corrected chi connectivity index (χ4v) is 2.67. The van der Waals surface area contributed by atoms with Crippen LogP contribution in [-0.2, 0) is 4.79 Å². The van der Waals surface area contributed by atoms with E-state index in [-0.39, 0.29) is 6.61 Å². The summed E-state index contributed by atoms with van der Waals surface area (Å²) < 4.78 is 6.19. The van der Waals surface area contributed by atoms with Crippen LogP contribution < -0.4 is 4.74 Å². The lowest BCUT2D eigenvalue weighted by atomic mass is 10.1. The number of aliphatic carboxylic acids is 1. The van der Waals surface area contributed by atoms with Gasteiger partial charge in [0, 0.05) is 5.92 Å². The first-order valence-corrected chi connectivity index (χ1v) is 6.67. The molecule has 1 unspecified atom stereocenters. The zero-order chi connectivity index (χ0) is 13.1. The van der Waals surface area contributed by atoms with Crippen LogP contribution in [0.3, 0.4) is 0 Å². The molecule has 0 radical (unpaired) electrons. The predicted octanol–water partition coefficient (Wildman–Crippen LogP) is 3.27. The Morgan fingerprint density at radius 3 is 3.00 bits per heavy atom. The number of ether oxygens (including phenoxy) is 1. The van der Waals surface area contributed by atoms with Crippen molar-refractivity contribution in [1.29, 1.82) is 0 Å². The fraction of sp³-hybridized carbons (Fsp3) is 0.385. The molecule has 1 N–H and O–H groups in total. The van der Waals surface area contributed by atoms with Gasteiger partial charge in [0.25, 0.3) is 0 Å². The first-order chi connectivity index (χ1) is 8.60. The number of aromatic nitrogens is 1. The number of benzene rings is 1. The van der Waals surface area contributed by atoms with Crippen LogP contribution in [0, 0.1) is 0 Å². The molecule has 0 saturated carbocycles. The van der Waals surface area contributed by atoms with Crippen molar-refractivity contribution in [2.24, 2.45) is 0 Å². The van der Waals surface area contributed by atoms with Crippen molar-refractivity contribution >= 4 is 27.5 Å². The second-order valence-corrected chi connectivity index (χ2v) is 5.24. The standard InChI is InChI=1S/C13H15NO3S/c1-3-8(2)13-14-10-5-4-9(6-11(10)18-13)17-7-12(15)16/h4-6,8H,3,7H2,1-2H3,(H,15,16). The van der Waals surface area contributed by atoms with Gasteiger partial charge in [0.1, 0.15) is 5.75 Å². The molecule has 4 nitrogen and oxygen atoms in total. The zero-order valence-corrected chi connectivity index (χ0v) is 11.2. The Kier molecular flexibility index (Phi) is 3.81. The lowest BCUT2D eigenvalue weighted by Crippen LogP contribution is -2.09. The summed E-state index contributed by atoms with van der Waals surface area (Å²) >= 11 is 1.64. The van der Waals surface area contributed by atoms with Gasteiger partial charge in [-0.3, -0.25) is 0 Å². The Morgan fingerprint density at radius 1 is 1.56 bits per heavy atom. The molecule has 1 heterocycles. The van der Waals surface area contributed by atoms with Crippen LogP contribution in [0.1, 0.15) is 31.2 Å². The molecule has 0 fully saturated rings. The third-order valence-electron chi connectivity index (χ3n) is 2.77. The fourth-order valence-electron chi connectivity index (χ4n) is 1.54. The van der Waals surface area contributed by atoms with Crippen molar-refractivity contribution in [2.45, 2.75) is 26.2 Å². The number of thiazole rings is 1. The number of carboxylic acids is 1. The van der Waals surface area contributed by atoms with Gasteiger partial charge < -0.3 is 9.84 Å². The highest BCUT2D eigenvalue weighted by Gasteiger charge is 2.10. The zero-order valence-electron chi connectivity index (χ0n) is 10.3. The highest BCUT2D eigenvalue weighted by molar-refractivity contribution is 7.18. The summed E-state index contributed by atoms with van der Waals surface area (Å²) in [6.07, 6.45) is 1.06. The van der Waals surface area contributed by atoms with E-state index in [1.807, 2.05) is 12.1 Å². The number of rotatable bonds is 5. The largest absolute Gasteiger partial charge is 0.482 e. The second kappa shape index (κ2) is 5.35. The van der Waals surface area contributed by atoms with E-state index < -0.39 is 5.97 Å². The maximum Gasteiger partial charge on any atom is 0.341 e. The number of hydrogen-bond donors (Lipinski definition) is 1. The first-order valence-electron chi connectivity index (χ1n) is 5.85. The Balaban J connectivity index is 2.25. The topological polar surface area (TPSA) is 59.4 Å². The SMILES string of the molecule is CCC(C)c1nc2ccc(OCC(=O)O)cc2s1. The van der Waals surface area contributed by atoms with Gasteiger partial charge in [-0.05, 0) is 24.6 Å². The van der Waals surface area contributed by atoms with Crippen molar-refractivity contribution in [3.63, 3.8) is 0 Å².